The summed E-state index contributed by atoms with van der Waals surface area (Å²) in [7, 11) is 1.87. The molecule has 4 heterocycles. The van der Waals surface area contributed by atoms with Crippen LogP contribution in [0.25, 0.3) is 0 Å². The normalized spacial score (nSPS) is 32.9. The summed E-state index contributed by atoms with van der Waals surface area (Å²) in [5.41, 5.74) is 0. The van der Waals surface area contributed by atoms with Crippen molar-refractivity contribution >= 4 is 5.78 Å². The van der Waals surface area contributed by atoms with Gasteiger partial charge in [-0.25, -0.2) is 4.98 Å². The van der Waals surface area contributed by atoms with Gasteiger partial charge in [-0.1, -0.05) is 0 Å². The molecule has 5 heteroatoms. The zero-order valence-corrected chi connectivity index (χ0v) is 9.46. The van der Waals surface area contributed by atoms with Crippen molar-refractivity contribution in [1.29, 1.82) is 0 Å². The monoisotopic (exact) mass is 220 g/mol. The lowest BCUT2D eigenvalue weighted by Gasteiger charge is -2.46. The zero-order valence-electron chi connectivity index (χ0n) is 9.46. The number of fused-ring (bicyclic) bond motifs is 3. The van der Waals surface area contributed by atoms with Crippen LogP contribution >= 0.6 is 0 Å². The van der Waals surface area contributed by atoms with Gasteiger partial charge in [0.15, 0.2) is 5.82 Å². The number of aryl methyl sites for hydroxylation is 1. The van der Waals surface area contributed by atoms with E-state index >= 15 is 0 Å². The maximum Gasteiger partial charge on any atom is 0.216 e. The molecule has 0 N–H and O–H groups in total. The van der Waals surface area contributed by atoms with Crippen molar-refractivity contribution in [3.05, 3.63) is 18.2 Å². The molecule has 3 aliphatic rings. The van der Waals surface area contributed by atoms with E-state index in [2.05, 4.69) is 14.8 Å². The van der Waals surface area contributed by atoms with Crippen LogP contribution in [-0.2, 0) is 7.05 Å². The van der Waals surface area contributed by atoms with E-state index in [0.29, 0.717) is 5.82 Å². The number of piperazine rings is 3. The maximum atomic E-state index is 12.3. The molecule has 86 valence electrons. The first-order valence-corrected chi connectivity index (χ1v) is 5.73. The molecule has 0 amide bonds. The molecule has 1 atom stereocenters. The van der Waals surface area contributed by atoms with Crippen LogP contribution in [0, 0.1) is 0 Å². The first-order chi connectivity index (χ1) is 7.75. The van der Waals surface area contributed by atoms with Gasteiger partial charge >= 0.3 is 0 Å². The van der Waals surface area contributed by atoms with Crippen LogP contribution < -0.4 is 0 Å². The Labute approximate surface area is 94.7 Å². The molecule has 3 fully saturated rings. The molecule has 0 saturated carbocycles. The summed E-state index contributed by atoms with van der Waals surface area (Å²) in [6, 6.07) is 0.0172. The topological polar surface area (TPSA) is 41.4 Å². The van der Waals surface area contributed by atoms with Gasteiger partial charge in [-0.3, -0.25) is 14.6 Å². The van der Waals surface area contributed by atoms with Crippen molar-refractivity contribution in [2.45, 2.75) is 6.04 Å². The molecule has 4 rings (SSSR count). The van der Waals surface area contributed by atoms with E-state index in [9.17, 15) is 4.79 Å². The van der Waals surface area contributed by atoms with Crippen molar-refractivity contribution in [3.63, 3.8) is 0 Å². The van der Waals surface area contributed by atoms with Crippen LogP contribution in [0.5, 0.6) is 0 Å². The molecule has 0 aromatic carbocycles. The van der Waals surface area contributed by atoms with Crippen molar-refractivity contribution in [2.24, 2.45) is 7.05 Å². The average Bonchev–Trinajstić information content (AvgIpc) is 2.76. The molecular formula is C11H16N4O. The third kappa shape index (κ3) is 1.47. The number of aromatic nitrogens is 2. The van der Waals surface area contributed by atoms with Gasteiger partial charge in [0, 0.05) is 52.2 Å². The molecule has 1 aromatic heterocycles. The summed E-state index contributed by atoms with van der Waals surface area (Å²) < 4.78 is 1.81. The Morgan fingerprint density at radius 2 is 2.12 bits per heavy atom. The third-order valence-electron chi connectivity index (χ3n) is 3.62. The Morgan fingerprint density at radius 1 is 1.38 bits per heavy atom. The van der Waals surface area contributed by atoms with E-state index in [1.54, 1.807) is 10.8 Å². The highest BCUT2D eigenvalue weighted by molar-refractivity contribution is 5.97. The summed E-state index contributed by atoms with van der Waals surface area (Å²) in [5.74, 6) is 0.746. The van der Waals surface area contributed by atoms with E-state index < -0.39 is 0 Å². The highest BCUT2D eigenvalue weighted by atomic mass is 16.1. The van der Waals surface area contributed by atoms with Crippen molar-refractivity contribution in [1.82, 2.24) is 19.4 Å². The molecule has 0 radical (unpaired) electrons. The molecule has 0 aliphatic carbocycles. The summed E-state index contributed by atoms with van der Waals surface area (Å²) in [6.45, 7) is 5.10. The smallest absolute Gasteiger partial charge is 0.216 e. The number of carbonyl (C=O) groups excluding carboxylic acids is 1. The Morgan fingerprint density at radius 3 is 2.62 bits per heavy atom. The van der Waals surface area contributed by atoms with E-state index in [0.717, 1.165) is 32.7 Å². The minimum Gasteiger partial charge on any atom is -0.332 e. The molecular weight excluding hydrogens is 204 g/mol. The molecule has 1 unspecified atom stereocenters. The third-order valence-corrected chi connectivity index (χ3v) is 3.62. The second-order valence-electron chi connectivity index (χ2n) is 4.58. The van der Waals surface area contributed by atoms with Gasteiger partial charge < -0.3 is 4.57 Å². The summed E-state index contributed by atoms with van der Waals surface area (Å²) in [4.78, 5) is 21.1. The number of carbonyl (C=O) groups is 1. The van der Waals surface area contributed by atoms with Gasteiger partial charge in [-0.15, -0.1) is 0 Å². The van der Waals surface area contributed by atoms with Crippen LogP contribution in [0.1, 0.15) is 10.6 Å². The fourth-order valence-electron chi connectivity index (χ4n) is 2.62. The molecule has 3 saturated heterocycles. The Hall–Kier alpha value is -1.20. The number of hydrogen-bond acceptors (Lipinski definition) is 4. The number of rotatable bonds is 2. The number of nitrogens with zero attached hydrogens (tertiary/aromatic N) is 4. The summed E-state index contributed by atoms with van der Waals surface area (Å²) >= 11 is 0. The minimum absolute atomic E-state index is 0.0172. The predicted molar refractivity (Wildman–Crippen MR) is 59.3 cm³/mol. The number of hydrogen-bond donors (Lipinski definition) is 0. The standard InChI is InChI=1S/C11H16N4O/c1-13-3-2-12-11(13)10(16)9-8-14-4-6-15(9)7-5-14/h2-3,9H,4-8H2,1H3. The van der Waals surface area contributed by atoms with Crippen molar-refractivity contribution < 1.29 is 4.79 Å². The summed E-state index contributed by atoms with van der Waals surface area (Å²) in [5, 5.41) is 0. The largest absolute Gasteiger partial charge is 0.332 e. The fourth-order valence-corrected chi connectivity index (χ4v) is 2.62. The minimum atomic E-state index is 0.0172. The predicted octanol–water partition coefficient (Wildman–Crippen LogP) is -0.397. The second-order valence-corrected chi connectivity index (χ2v) is 4.58. The number of imidazole rings is 1. The van der Waals surface area contributed by atoms with Crippen molar-refractivity contribution in [3.8, 4) is 0 Å². The van der Waals surface area contributed by atoms with Crippen LogP contribution in [0.15, 0.2) is 12.4 Å². The molecule has 16 heavy (non-hydrogen) atoms. The van der Waals surface area contributed by atoms with Gasteiger partial charge in [0.05, 0.1) is 6.04 Å². The zero-order chi connectivity index (χ0) is 11.1. The number of ketones is 1. The highest BCUT2D eigenvalue weighted by Gasteiger charge is 2.37. The summed E-state index contributed by atoms with van der Waals surface area (Å²) in [6.07, 6.45) is 3.51. The quantitative estimate of drug-likeness (QED) is 0.636. The lowest BCUT2D eigenvalue weighted by atomic mass is 10.0. The molecule has 5 nitrogen and oxygen atoms in total. The van der Waals surface area contributed by atoms with Gasteiger partial charge in [0.2, 0.25) is 5.78 Å². The Balaban J connectivity index is 1.83. The molecule has 0 spiro atoms. The first-order valence-electron chi connectivity index (χ1n) is 5.73. The van der Waals surface area contributed by atoms with Gasteiger partial charge in [0.25, 0.3) is 0 Å². The van der Waals surface area contributed by atoms with Crippen LogP contribution in [0.3, 0.4) is 0 Å². The van der Waals surface area contributed by atoms with E-state index in [1.165, 1.54) is 0 Å². The highest BCUT2D eigenvalue weighted by Crippen LogP contribution is 2.18. The van der Waals surface area contributed by atoms with Crippen molar-refractivity contribution in [2.75, 3.05) is 32.7 Å². The molecule has 2 bridgehead atoms. The van der Waals surface area contributed by atoms with Gasteiger partial charge in [-0.05, 0) is 0 Å². The van der Waals surface area contributed by atoms with E-state index in [-0.39, 0.29) is 11.8 Å². The lowest BCUT2D eigenvalue weighted by molar-refractivity contribution is 0.0152. The van der Waals surface area contributed by atoms with Crippen LogP contribution in [-0.4, -0.2) is 63.9 Å². The Kier molecular flexibility index (Phi) is 2.29. The SMILES string of the molecule is Cn1ccnc1C(=O)C1CN2CCN1CC2. The molecule has 3 aliphatic heterocycles. The maximum absolute atomic E-state index is 12.3. The fraction of sp³-hybridized carbons (Fsp3) is 0.636. The lowest BCUT2D eigenvalue weighted by Crippen LogP contribution is -2.63. The first kappa shape index (κ1) is 9.99. The average molecular weight is 220 g/mol. The van der Waals surface area contributed by atoms with Gasteiger partial charge in [0.1, 0.15) is 0 Å². The second kappa shape index (κ2) is 3.68. The van der Waals surface area contributed by atoms with Crippen LogP contribution in [0.2, 0.25) is 0 Å². The molecule has 1 aromatic rings. The van der Waals surface area contributed by atoms with E-state index in [4.69, 9.17) is 0 Å². The van der Waals surface area contributed by atoms with Crippen LogP contribution in [0.4, 0.5) is 0 Å². The van der Waals surface area contributed by atoms with E-state index in [1.807, 2.05) is 13.2 Å². The Bertz CT molecular complexity index is 406. The number of Topliss-reactive ketones (excluding diaryl/α,β-unsaturated/α-hetero) is 1. The van der Waals surface area contributed by atoms with Gasteiger partial charge in [-0.2, -0.15) is 0 Å².